The third-order valence-electron chi connectivity index (χ3n) is 4.45. The minimum Gasteiger partial charge on any atom is -0.512 e. The Kier molecular flexibility index (Phi) is 3.46. The molecule has 0 aromatic heterocycles. The van der Waals surface area contributed by atoms with Gasteiger partial charge in [0.05, 0.1) is 17.7 Å². The highest BCUT2D eigenvalue weighted by molar-refractivity contribution is 6.01. The predicted octanol–water partition coefficient (Wildman–Crippen LogP) is 4.60. The maximum atomic E-state index is 10.4. The van der Waals surface area contributed by atoms with Crippen molar-refractivity contribution in [2.24, 2.45) is 16.3 Å². The summed E-state index contributed by atoms with van der Waals surface area (Å²) in [6, 6.07) is 0.0885. The topological polar surface area (TPSA) is 32.6 Å². The van der Waals surface area contributed by atoms with Crippen LogP contribution in [0.25, 0.3) is 0 Å². The van der Waals surface area contributed by atoms with Gasteiger partial charge in [0.15, 0.2) is 0 Å². The molecule has 0 spiro atoms. The quantitative estimate of drug-likeness (QED) is 0.772. The lowest BCUT2D eigenvalue weighted by molar-refractivity contribution is 0.204. The Morgan fingerprint density at radius 1 is 1.26 bits per heavy atom. The van der Waals surface area contributed by atoms with Crippen LogP contribution in [0.2, 0.25) is 0 Å². The van der Waals surface area contributed by atoms with Crippen molar-refractivity contribution in [3.05, 3.63) is 34.6 Å². The summed E-state index contributed by atoms with van der Waals surface area (Å²) in [5, 5.41) is 10.4. The number of rotatable bonds is 2. The van der Waals surface area contributed by atoms with Gasteiger partial charge >= 0.3 is 0 Å². The van der Waals surface area contributed by atoms with Gasteiger partial charge in [0.1, 0.15) is 0 Å². The van der Waals surface area contributed by atoms with Crippen LogP contribution >= 0.6 is 0 Å². The SMILES string of the molecule is CCC1=C(C)C(C2C(O)=CC(C)=CC2(C)C)N=C1C. The zero-order chi connectivity index (χ0) is 14.4. The normalized spacial score (nSPS) is 30.1. The molecule has 1 aliphatic heterocycles. The molecule has 0 aromatic carbocycles. The van der Waals surface area contributed by atoms with Crippen LogP contribution in [0, 0.1) is 11.3 Å². The summed E-state index contributed by atoms with van der Waals surface area (Å²) in [7, 11) is 0. The highest BCUT2D eigenvalue weighted by Gasteiger charge is 2.42. The fourth-order valence-corrected chi connectivity index (χ4v) is 3.70. The second-order valence-corrected chi connectivity index (χ2v) is 6.43. The summed E-state index contributed by atoms with van der Waals surface area (Å²) in [5.41, 5.74) is 4.89. The number of allylic oxidation sites excluding steroid dienone is 4. The second kappa shape index (κ2) is 4.66. The summed E-state index contributed by atoms with van der Waals surface area (Å²) in [5.74, 6) is 0.526. The molecule has 19 heavy (non-hydrogen) atoms. The Hall–Kier alpha value is -1.31. The first-order valence-corrected chi connectivity index (χ1v) is 7.12. The fraction of sp³-hybridized carbons (Fsp3) is 0.588. The molecule has 1 heterocycles. The van der Waals surface area contributed by atoms with Gasteiger partial charge in [0.25, 0.3) is 0 Å². The van der Waals surface area contributed by atoms with Gasteiger partial charge in [-0.05, 0) is 49.8 Å². The minimum absolute atomic E-state index is 0.0511. The molecular weight excluding hydrogens is 234 g/mol. The van der Waals surface area contributed by atoms with E-state index in [9.17, 15) is 5.11 Å². The average molecular weight is 259 g/mol. The summed E-state index contributed by atoms with van der Waals surface area (Å²) in [6.45, 7) is 12.8. The van der Waals surface area contributed by atoms with Crippen LogP contribution in [-0.4, -0.2) is 16.9 Å². The molecule has 0 saturated carbocycles. The molecule has 0 fully saturated rings. The number of aliphatic imine (C=N–C) groups is 1. The van der Waals surface area contributed by atoms with Crippen LogP contribution in [0.4, 0.5) is 0 Å². The summed E-state index contributed by atoms with van der Waals surface area (Å²) in [4.78, 5) is 4.83. The molecule has 0 bridgehead atoms. The lowest BCUT2D eigenvalue weighted by Crippen LogP contribution is -2.35. The van der Waals surface area contributed by atoms with Crippen LogP contribution in [0.1, 0.15) is 48.0 Å². The lowest BCUT2D eigenvalue weighted by atomic mass is 9.68. The van der Waals surface area contributed by atoms with Crippen molar-refractivity contribution in [2.45, 2.75) is 54.0 Å². The highest BCUT2D eigenvalue weighted by Crippen LogP contribution is 2.45. The third kappa shape index (κ3) is 2.29. The summed E-state index contributed by atoms with van der Waals surface area (Å²) in [6.07, 6.45) is 5.15. The average Bonchev–Trinajstić information content (AvgIpc) is 2.51. The lowest BCUT2D eigenvalue weighted by Gasteiger charge is -2.38. The molecule has 1 N–H and O–H groups in total. The monoisotopic (exact) mass is 259 g/mol. The van der Waals surface area contributed by atoms with E-state index in [1.54, 1.807) is 0 Å². The van der Waals surface area contributed by atoms with Crippen LogP contribution in [0.15, 0.2) is 39.6 Å². The zero-order valence-electron chi connectivity index (χ0n) is 12.9. The molecule has 2 atom stereocenters. The zero-order valence-corrected chi connectivity index (χ0v) is 12.9. The van der Waals surface area contributed by atoms with Crippen molar-refractivity contribution in [3.8, 4) is 0 Å². The predicted molar refractivity (Wildman–Crippen MR) is 81.6 cm³/mol. The van der Waals surface area contributed by atoms with Crippen molar-refractivity contribution in [1.29, 1.82) is 0 Å². The van der Waals surface area contributed by atoms with E-state index in [0.717, 1.165) is 17.7 Å². The van der Waals surface area contributed by atoms with E-state index in [1.807, 2.05) is 13.0 Å². The van der Waals surface area contributed by atoms with Crippen LogP contribution in [0.3, 0.4) is 0 Å². The molecule has 0 aromatic rings. The van der Waals surface area contributed by atoms with Crippen LogP contribution < -0.4 is 0 Å². The highest BCUT2D eigenvalue weighted by atomic mass is 16.3. The maximum absolute atomic E-state index is 10.4. The number of aliphatic hydroxyl groups excluding tert-OH is 1. The van der Waals surface area contributed by atoms with Gasteiger partial charge in [-0.3, -0.25) is 4.99 Å². The molecule has 2 heteroatoms. The second-order valence-electron chi connectivity index (χ2n) is 6.43. The number of hydrogen-bond donors (Lipinski definition) is 1. The molecule has 0 amide bonds. The molecule has 2 unspecified atom stereocenters. The summed E-state index contributed by atoms with van der Waals surface area (Å²) >= 11 is 0. The van der Waals surface area contributed by atoms with Gasteiger partial charge in [-0.1, -0.05) is 32.4 Å². The van der Waals surface area contributed by atoms with Gasteiger partial charge in [-0.25, -0.2) is 0 Å². The first kappa shape index (κ1) is 14.1. The first-order chi connectivity index (χ1) is 8.77. The maximum Gasteiger partial charge on any atom is 0.0989 e. The van der Waals surface area contributed by atoms with Crippen molar-refractivity contribution >= 4 is 5.71 Å². The molecule has 1 aliphatic carbocycles. The van der Waals surface area contributed by atoms with Gasteiger partial charge in [-0.15, -0.1) is 0 Å². The molecule has 2 nitrogen and oxygen atoms in total. The van der Waals surface area contributed by atoms with E-state index in [-0.39, 0.29) is 17.4 Å². The standard InChI is InChI=1S/C17H25NO/c1-7-13-11(3)16(18-12(13)4)15-14(19)8-10(2)9-17(15,5)6/h8-9,15-16,19H,7H2,1-6H3. The van der Waals surface area contributed by atoms with Crippen molar-refractivity contribution in [3.63, 3.8) is 0 Å². The van der Waals surface area contributed by atoms with Crippen molar-refractivity contribution in [2.75, 3.05) is 0 Å². The number of hydrogen-bond acceptors (Lipinski definition) is 2. The Balaban J connectivity index is 2.44. The molecule has 2 rings (SSSR count). The van der Waals surface area contributed by atoms with Crippen LogP contribution in [0.5, 0.6) is 0 Å². The van der Waals surface area contributed by atoms with Gasteiger partial charge in [0, 0.05) is 5.71 Å². The molecular formula is C17H25NO. The fourth-order valence-electron chi connectivity index (χ4n) is 3.70. The van der Waals surface area contributed by atoms with Gasteiger partial charge < -0.3 is 5.11 Å². The third-order valence-corrected chi connectivity index (χ3v) is 4.45. The number of nitrogens with zero attached hydrogens (tertiary/aromatic N) is 1. The largest absolute Gasteiger partial charge is 0.512 e. The van der Waals surface area contributed by atoms with Crippen LogP contribution in [-0.2, 0) is 0 Å². The van der Waals surface area contributed by atoms with Gasteiger partial charge in [0.2, 0.25) is 0 Å². The van der Waals surface area contributed by atoms with E-state index >= 15 is 0 Å². The number of aliphatic hydroxyl groups is 1. The Morgan fingerprint density at radius 2 is 1.89 bits per heavy atom. The molecule has 104 valence electrons. The Morgan fingerprint density at radius 3 is 2.37 bits per heavy atom. The van der Waals surface area contributed by atoms with Crippen molar-refractivity contribution in [1.82, 2.24) is 0 Å². The molecule has 2 aliphatic rings. The summed E-state index contributed by atoms with van der Waals surface area (Å²) < 4.78 is 0. The van der Waals surface area contributed by atoms with E-state index in [0.29, 0.717) is 5.76 Å². The van der Waals surface area contributed by atoms with Gasteiger partial charge in [-0.2, -0.15) is 0 Å². The molecule has 0 radical (unpaired) electrons. The smallest absolute Gasteiger partial charge is 0.0989 e. The van der Waals surface area contributed by atoms with Crippen molar-refractivity contribution < 1.29 is 5.11 Å². The van der Waals surface area contributed by atoms with E-state index in [2.05, 4.69) is 40.7 Å². The van der Waals surface area contributed by atoms with E-state index in [1.165, 1.54) is 11.1 Å². The Bertz CT molecular complexity index is 517. The Labute approximate surface area is 116 Å². The molecule has 0 saturated heterocycles. The minimum atomic E-state index is -0.0676. The first-order valence-electron chi connectivity index (χ1n) is 7.12. The van der Waals surface area contributed by atoms with E-state index in [4.69, 9.17) is 4.99 Å². The van der Waals surface area contributed by atoms with E-state index < -0.39 is 0 Å².